The largest absolute Gasteiger partial charge is 0.444 e. The standard InChI is InChI=1S/C16H26BrN5O3/c1-11-12(17)13(20-19-11)14(23)18-5-6-21-7-9-22(10-8-21)15(24)25-16(2,3)4/h5-10H2,1-4H3,(H,18,23)(H,19,20). The van der Waals surface area contributed by atoms with Gasteiger partial charge >= 0.3 is 6.09 Å². The molecule has 0 bridgehead atoms. The SMILES string of the molecule is Cc1[nH]nc(C(=O)NCCN2CCN(C(=O)OC(C)(C)C)CC2)c1Br. The summed E-state index contributed by atoms with van der Waals surface area (Å²) in [5, 5.41) is 9.62. The van der Waals surface area contributed by atoms with Crippen molar-refractivity contribution in [3.8, 4) is 0 Å². The quantitative estimate of drug-likeness (QED) is 0.781. The molecule has 0 aromatic carbocycles. The minimum absolute atomic E-state index is 0.205. The van der Waals surface area contributed by atoms with E-state index in [1.807, 2.05) is 27.7 Å². The molecule has 1 aromatic heterocycles. The molecule has 8 nitrogen and oxygen atoms in total. The van der Waals surface area contributed by atoms with E-state index in [-0.39, 0.29) is 12.0 Å². The van der Waals surface area contributed by atoms with E-state index in [9.17, 15) is 9.59 Å². The Labute approximate surface area is 156 Å². The maximum absolute atomic E-state index is 12.1. The van der Waals surface area contributed by atoms with Crippen molar-refractivity contribution in [2.45, 2.75) is 33.3 Å². The number of nitrogens with one attached hydrogen (secondary N) is 2. The minimum Gasteiger partial charge on any atom is -0.444 e. The van der Waals surface area contributed by atoms with E-state index in [1.165, 1.54) is 0 Å². The normalized spacial score (nSPS) is 16.0. The topological polar surface area (TPSA) is 90.6 Å². The predicted octanol–water partition coefficient (Wildman–Crippen LogP) is 1.76. The number of aromatic nitrogens is 2. The molecular formula is C16H26BrN5O3. The van der Waals surface area contributed by atoms with E-state index in [0.29, 0.717) is 29.8 Å². The van der Waals surface area contributed by atoms with Crippen LogP contribution in [0.15, 0.2) is 4.47 Å². The Morgan fingerprint density at radius 2 is 1.92 bits per heavy atom. The number of nitrogens with zero attached hydrogens (tertiary/aromatic N) is 3. The molecule has 25 heavy (non-hydrogen) atoms. The van der Waals surface area contributed by atoms with E-state index >= 15 is 0 Å². The summed E-state index contributed by atoms with van der Waals surface area (Å²) in [7, 11) is 0. The van der Waals surface area contributed by atoms with Crippen molar-refractivity contribution in [2.24, 2.45) is 0 Å². The van der Waals surface area contributed by atoms with E-state index < -0.39 is 5.60 Å². The maximum Gasteiger partial charge on any atom is 0.410 e. The van der Waals surface area contributed by atoms with Crippen LogP contribution in [-0.4, -0.2) is 76.9 Å². The van der Waals surface area contributed by atoms with Crippen LogP contribution in [0, 0.1) is 6.92 Å². The van der Waals surface area contributed by atoms with Crippen molar-refractivity contribution in [1.29, 1.82) is 0 Å². The van der Waals surface area contributed by atoms with E-state index in [1.54, 1.807) is 4.90 Å². The first kappa shape index (κ1) is 19.7. The van der Waals surface area contributed by atoms with Crippen molar-refractivity contribution in [2.75, 3.05) is 39.3 Å². The minimum atomic E-state index is -0.475. The third kappa shape index (κ3) is 5.71. The monoisotopic (exact) mass is 415 g/mol. The first-order valence-electron chi connectivity index (χ1n) is 8.36. The molecule has 0 atom stereocenters. The lowest BCUT2D eigenvalue weighted by molar-refractivity contribution is 0.0147. The van der Waals surface area contributed by atoms with Crippen LogP contribution >= 0.6 is 15.9 Å². The Balaban J connectivity index is 1.69. The Kier molecular flexibility index (Phi) is 6.45. The first-order chi connectivity index (χ1) is 11.7. The van der Waals surface area contributed by atoms with Gasteiger partial charge in [-0.1, -0.05) is 0 Å². The highest BCUT2D eigenvalue weighted by molar-refractivity contribution is 9.10. The number of halogens is 1. The zero-order valence-electron chi connectivity index (χ0n) is 15.2. The maximum atomic E-state index is 12.1. The fraction of sp³-hybridized carbons (Fsp3) is 0.688. The van der Waals surface area contributed by atoms with Gasteiger partial charge in [-0.25, -0.2) is 4.79 Å². The molecule has 1 aliphatic heterocycles. The number of H-pyrrole nitrogens is 1. The summed E-state index contributed by atoms with van der Waals surface area (Å²) in [5.74, 6) is -0.205. The number of aryl methyl sites for hydroxylation is 1. The lowest BCUT2D eigenvalue weighted by Crippen LogP contribution is -2.51. The van der Waals surface area contributed by atoms with Crippen molar-refractivity contribution < 1.29 is 14.3 Å². The number of carbonyl (C=O) groups is 2. The summed E-state index contributed by atoms with van der Waals surface area (Å²) < 4.78 is 6.08. The number of ether oxygens (including phenoxy) is 1. The second-order valence-electron chi connectivity index (χ2n) is 7.08. The van der Waals surface area contributed by atoms with Crippen molar-refractivity contribution >= 4 is 27.9 Å². The van der Waals surface area contributed by atoms with Gasteiger partial charge < -0.3 is 15.0 Å². The van der Waals surface area contributed by atoms with Crippen molar-refractivity contribution in [1.82, 2.24) is 25.3 Å². The van der Waals surface area contributed by atoms with Crippen LogP contribution in [-0.2, 0) is 4.74 Å². The molecule has 1 aromatic rings. The Bertz CT molecular complexity index is 618. The van der Waals surface area contributed by atoms with Crippen LogP contribution in [0.1, 0.15) is 37.0 Å². The third-order valence-electron chi connectivity index (χ3n) is 3.83. The number of rotatable bonds is 4. The summed E-state index contributed by atoms with van der Waals surface area (Å²) in [6, 6.07) is 0. The van der Waals surface area contributed by atoms with Gasteiger partial charge in [0.15, 0.2) is 5.69 Å². The van der Waals surface area contributed by atoms with E-state index in [0.717, 1.165) is 25.3 Å². The molecule has 2 N–H and O–H groups in total. The second-order valence-corrected chi connectivity index (χ2v) is 7.87. The zero-order valence-corrected chi connectivity index (χ0v) is 16.8. The van der Waals surface area contributed by atoms with Crippen LogP contribution < -0.4 is 5.32 Å². The van der Waals surface area contributed by atoms with Crippen LogP contribution in [0.25, 0.3) is 0 Å². The highest BCUT2D eigenvalue weighted by atomic mass is 79.9. The van der Waals surface area contributed by atoms with Crippen molar-refractivity contribution in [3.05, 3.63) is 15.9 Å². The Morgan fingerprint density at radius 3 is 2.44 bits per heavy atom. The van der Waals surface area contributed by atoms with Gasteiger partial charge in [0.1, 0.15) is 5.60 Å². The Morgan fingerprint density at radius 1 is 1.28 bits per heavy atom. The predicted molar refractivity (Wildman–Crippen MR) is 97.6 cm³/mol. The van der Waals surface area contributed by atoms with Gasteiger partial charge in [0.05, 0.1) is 4.47 Å². The van der Waals surface area contributed by atoms with Gasteiger partial charge in [0.25, 0.3) is 5.91 Å². The van der Waals surface area contributed by atoms with Gasteiger partial charge in [0, 0.05) is 45.0 Å². The molecule has 1 fully saturated rings. The Hall–Kier alpha value is -1.61. The van der Waals surface area contributed by atoms with Gasteiger partial charge in [-0.15, -0.1) is 0 Å². The average molecular weight is 416 g/mol. The van der Waals surface area contributed by atoms with E-state index in [2.05, 4.69) is 36.3 Å². The third-order valence-corrected chi connectivity index (χ3v) is 4.80. The second kappa shape index (κ2) is 8.18. The van der Waals surface area contributed by atoms with Crippen LogP contribution in [0.3, 0.4) is 0 Å². The van der Waals surface area contributed by atoms with Gasteiger partial charge in [-0.2, -0.15) is 5.10 Å². The molecule has 1 saturated heterocycles. The molecule has 2 rings (SSSR count). The lowest BCUT2D eigenvalue weighted by Gasteiger charge is -2.35. The van der Waals surface area contributed by atoms with Crippen LogP contribution in [0.4, 0.5) is 4.79 Å². The molecule has 9 heteroatoms. The number of aromatic amines is 1. The molecule has 0 spiro atoms. The highest BCUT2D eigenvalue weighted by Gasteiger charge is 2.25. The summed E-state index contributed by atoms with van der Waals surface area (Å²) in [6.07, 6.45) is -0.265. The molecule has 140 valence electrons. The molecular weight excluding hydrogens is 390 g/mol. The highest BCUT2D eigenvalue weighted by Crippen LogP contribution is 2.17. The molecule has 0 aliphatic carbocycles. The fourth-order valence-corrected chi connectivity index (χ4v) is 2.82. The van der Waals surface area contributed by atoms with Crippen LogP contribution in [0.5, 0.6) is 0 Å². The molecule has 0 radical (unpaired) electrons. The van der Waals surface area contributed by atoms with Gasteiger partial charge in [0.2, 0.25) is 0 Å². The van der Waals surface area contributed by atoms with Gasteiger partial charge in [-0.05, 0) is 43.6 Å². The molecule has 2 amide bonds. The number of carbonyl (C=O) groups excluding carboxylic acids is 2. The first-order valence-corrected chi connectivity index (χ1v) is 9.15. The number of amides is 2. The van der Waals surface area contributed by atoms with Crippen LogP contribution in [0.2, 0.25) is 0 Å². The zero-order chi connectivity index (χ0) is 18.6. The summed E-state index contributed by atoms with van der Waals surface area (Å²) in [4.78, 5) is 28.1. The molecule has 0 saturated carbocycles. The number of hydrogen-bond acceptors (Lipinski definition) is 5. The molecule has 2 heterocycles. The molecule has 1 aliphatic rings. The number of hydrogen-bond donors (Lipinski definition) is 2. The van der Waals surface area contributed by atoms with Gasteiger partial charge in [-0.3, -0.25) is 14.8 Å². The number of piperazine rings is 1. The van der Waals surface area contributed by atoms with E-state index in [4.69, 9.17) is 4.74 Å². The molecule has 0 unspecified atom stereocenters. The summed E-state index contributed by atoms with van der Waals surface area (Å²) >= 11 is 3.35. The smallest absolute Gasteiger partial charge is 0.410 e. The fourth-order valence-electron chi connectivity index (χ4n) is 2.46. The lowest BCUT2D eigenvalue weighted by atomic mass is 10.2. The summed E-state index contributed by atoms with van der Waals surface area (Å²) in [6.45, 7) is 11.5. The average Bonchev–Trinajstić information content (AvgIpc) is 2.86. The van der Waals surface area contributed by atoms with Crippen molar-refractivity contribution in [3.63, 3.8) is 0 Å². The summed E-state index contributed by atoms with van der Waals surface area (Å²) in [5.41, 5.74) is 0.716.